The smallest absolute Gasteiger partial charge is 0.143 e. The second-order valence-electron chi connectivity index (χ2n) is 4.62. The first-order valence-corrected chi connectivity index (χ1v) is 8.16. The molecule has 106 valence electrons. The van der Waals surface area contributed by atoms with Gasteiger partial charge in [-0.1, -0.05) is 54.1 Å². The number of hydrogen-bond acceptors (Lipinski definition) is 1. The zero-order chi connectivity index (χ0) is 14.9. The molecule has 0 saturated heterocycles. The van der Waals surface area contributed by atoms with Crippen molar-refractivity contribution in [1.82, 2.24) is 0 Å². The van der Waals surface area contributed by atoms with Gasteiger partial charge in [-0.25, -0.2) is 0 Å². The van der Waals surface area contributed by atoms with E-state index in [0.717, 1.165) is 4.90 Å². The average Bonchev–Trinajstić information content (AvgIpc) is 2.53. The first-order chi connectivity index (χ1) is 10.2. The molecule has 0 aliphatic heterocycles. The van der Waals surface area contributed by atoms with Crippen molar-refractivity contribution >= 4 is 24.4 Å². The molecule has 21 heavy (non-hydrogen) atoms. The Balaban J connectivity index is 0.000000173. The third kappa shape index (κ3) is 6.11. The lowest BCUT2D eigenvalue weighted by molar-refractivity contribution is 1.39. The largest absolute Gasteiger partial charge is 0.158 e. The molecule has 3 aromatic carbocycles. The predicted octanol–water partition coefficient (Wildman–Crippen LogP) is 5.20. The van der Waals surface area contributed by atoms with Gasteiger partial charge in [0.15, 0.2) is 9.79 Å². The summed E-state index contributed by atoms with van der Waals surface area (Å²) < 4.78 is 0. The minimum absolute atomic E-state index is 1.02. The lowest BCUT2D eigenvalue weighted by Crippen LogP contribution is -1.82. The summed E-state index contributed by atoms with van der Waals surface area (Å²) in [6.07, 6.45) is 0. The maximum Gasteiger partial charge on any atom is 0.158 e. The molecule has 0 unspecified atom stereocenters. The Kier molecular flexibility index (Phi) is 6.45. The monoisotopic (exact) mass is 311 g/mol. The molecule has 3 rings (SSSR count). The highest BCUT2D eigenvalue weighted by Crippen LogP contribution is 2.10. The summed E-state index contributed by atoms with van der Waals surface area (Å²) >= 11 is 5.41. The number of aryl methyl sites for hydroxylation is 1. The van der Waals surface area contributed by atoms with E-state index >= 15 is 0 Å². The van der Waals surface area contributed by atoms with Gasteiger partial charge >= 0.3 is 0 Å². The van der Waals surface area contributed by atoms with Gasteiger partial charge in [-0.15, -0.1) is 12.6 Å². The standard InChI is InChI=1S/C12H10S.C7H8S/c1-3-7-11(8-4-1)13-12-9-5-2-6-10-12;1-6-2-4-7(8)5-3-6/h1-10H;2-5,8H,1H3/p+1. The van der Waals surface area contributed by atoms with E-state index in [1.54, 1.807) is 0 Å². The second kappa shape index (κ2) is 8.60. The maximum absolute atomic E-state index is 4.13. The van der Waals surface area contributed by atoms with E-state index < -0.39 is 0 Å². The van der Waals surface area contributed by atoms with Crippen LogP contribution in [0.5, 0.6) is 0 Å². The molecule has 0 radical (unpaired) electrons. The molecule has 0 aliphatic carbocycles. The van der Waals surface area contributed by atoms with E-state index in [9.17, 15) is 0 Å². The van der Waals surface area contributed by atoms with Crippen molar-refractivity contribution in [3.05, 3.63) is 90.5 Å². The minimum Gasteiger partial charge on any atom is -0.143 e. The molecular formula is C19H19S2+. The third-order valence-corrected chi connectivity index (χ3v) is 4.22. The number of benzene rings is 3. The average molecular weight is 311 g/mol. The summed E-state index contributed by atoms with van der Waals surface area (Å²) in [7, 11) is 0. The van der Waals surface area contributed by atoms with E-state index in [1.165, 1.54) is 27.1 Å². The van der Waals surface area contributed by atoms with Crippen molar-refractivity contribution in [1.29, 1.82) is 0 Å². The quantitative estimate of drug-likeness (QED) is 0.488. The van der Waals surface area contributed by atoms with Crippen LogP contribution in [0.25, 0.3) is 0 Å². The molecular weight excluding hydrogens is 292 g/mol. The topological polar surface area (TPSA) is 0 Å². The van der Waals surface area contributed by atoms with Gasteiger partial charge in [-0.2, -0.15) is 0 Å². The van der Waals surface area contributed by atoms with Gasteiger partial charge in [0.1, 0.15) is 0 Å². The van der Waals surface area contributed by atoms with E-state index in [1.807, 2.05) is 36.4 Å². The molecule has 2 heteroatoms. The van der Waals surface area contributed by atoms with Crippen LogP contribution in [0.4, 0.5) is 0 Å². The highest BCUT2D eigenvalue weighted by Gasteiger charge is 2.03. The molecule has 0 bridgehead atoms. The Morgan fingerprint density at radius 2 is 1.05 bits per heavy atom. The Labute approximate surface area is 136 Å². The van der Waals surface area contributed by atoms with E-state index in [4.69, 9.17) is 0 Å². The van der Waals surface area contributed by atoms with Gasteiger partial charge in [0.25, 0.3) is 0 Å². The Morgan fingerprint density at radius 3 is 1.43 bits per heavy atom. The van der Waals surface area contributed by atoms with Crippen LogP contribution in [0, 0.1) is 6.92 Å². The fourth-order valence-electron chi connectivity index (χ4n) is 1.70. The predicted molar refractivity (Wildman–Crippen MR) is 96.6 cm³/mol. The summed E-state index contributed by atoms with van der Waals surface area (Å²) in [6, 6.07) is 29.0. The zero-order valence-electron chi connectivity index (χ0n) is 12.0. The summed E-state index contributed by atoms with van der Waals surface area (Å²) in [4.78, 5) is 3.71. The molecule has 0 spiro atoms. The van der Waals surface area contributed by atoms with Gasteiger partial charge in [0.05, 0.1) is 0 Å². The normalized spacial score (nSPS) is 9.62. The Hall–Kier alpha value is -1.64. The SMILES string of the molecule is Cc1ccc(S)cc1.c1ccc([SH+]c2ccccc2)cc1. The van der Waals surface area contributed by atoms with Gasteiger partial charge in [-0.3, -0.25) is 0 Å². The highest BCUT2D eigenvalue weighted by atomic mass is 32.2. The van der Waals surface area contributed by atoms with Crippen LogP contribution in [0.1, 0.15) is 5.56 Å². The number of thiol groups is 2. The van der Waals surface area contributed by atoms with Gasteiger partial charge in [-0.05, 0) is 43.3 Å². The Morgan fingerprint density at radius 1 is 0.619 bits per heavy atom. The maximum atomic E-state index is 4.13. The third-order valence-electron chi connectivity index (χ3n) is 2.80. The summed E-state index contributed by atoms with van der Waals surface area (Å²) in [5, 5.41) is 0. The van der Waals surface area contributed by atoms with Gasteiger partial charge in [0, 0.05) is 16.7 Å². The Bertz CT molecular complexity index is 573. The molecule has 0 aliphatic rings. The summed E-state index contributed by atoms with van der Waals surface area (Å²) in [5.41, 5.74) is 1.28. The van der Waals surface area contributed by atoms with Crippen LogP contribution in [0.15, 0.2) is 99.6 Å². The first kappa shape index (κ1) is 15.7. The van der Waals surface area contributed by atoms with E-state index in [-0.39, 0.29) is 0 Å². The van der Waals surface area contributed by atoms with Crippen LogP contribution in [-0.2, 0) is 11.8 Å². The van der Waals surface area contributed by atoms with Crippen LogP contribution in [0.3, 0.4) is 0 Å². The lowest BCUT2D eigenvalue weighted by Gasteiger charge is -1.90. The van der Waals surface area contributed by atoms with Crippen molar-refractivity contribution in [2.45, 2.75) is 21.6 Å². The van der Waals surface area contributed by atoms with Crippen molar-refractivity contribution in [3.63, 3.8) is 0 Å². The molecule has 0 nitrogen and oxygen atoms in total. The summed E-state index contributed by atoms with van der Waals surface area (Å²) in [5.74, 6) is 0. The zero-order valence-corrected chi connectivity index (χ0v) is 13.8. The lowest BCUT2D eigenvalue weighted by atomic mass is 10.2. The molecule has 0 aromatic heterocycles. The fourth-order valence-corrected chi connectivity index (χ4v) is 2.79. The molecule has 0 heterocycles. The van der Waals surface area contributed by atoms with Crippen LogP contribution >= 0.6 is 12.6 Å². The number of rotatable bonds is 2. The molecule has 0 amide bonds. The van der Waals surface area contributed by atoms with Crippen molar-refractivity contribution in [3.8, 4) is 0 Å². The molecule has 0 fully saturated rings. The molecule has 0 atom stereocenters. The molecule has 0 saturated carbocycles. The van der Waals surface area contributed by atoms with Crippen molar-refractivity contribution in [2.75, 3.05) is 0 Å². The van der Waals surface area contributed by atoms with Crippen LogP contribution in [0.2, 0.25) is 0 Å². The molecule has 0 N–H and O–H groups in total. The van der Waals surface area contributed by atoms with Crippen molar-refractivity contribution < 1.29 is 0 Å². The van der Waals surface area contributed by atoms with Crippen LogP contribution < -0.4 is 0 Å². The highest BCUT2D eigenvalue weighted by molar-refractivity contribution is 7.80. The number of hydrogen-bond donors (Lipinski definition) is 1. The van der Waals surface area contributed by atoms with E-state index in [0.29, 0.717) is 0 Å². The van der Waals surface area contributed by atoms with E-state index in [2.05, 4.69) is 68.1 Å². The first-order valence-electron chi connectivity index (χ1n) is 6.81. The van der Waals surface area contributed by atoms with Gasteiger partial charge in [0.2, 0.25) is 0 Å². The minimum atomic E-state index is 1.02. The molecule has 3 aromatic rings. The van der Waals surface area contributed by atoms with Gasteiger partial charge < -0.3 is 0 Å². The van der Waals surface area contributed by atoms with Crippen LogP contribution in [-0.4, -0.2) is 0 Å². The summed E-state index contributed by atoms with van der Waals surface area (Å²) in [6.45, 7) is 2.06. The second-order valence-corrected chi connectivity index (χ2v) is 6.39. The fraction of sp³-hybridized carbons (Fsp3) is 0.0526. The van der Waals surface area contributed by atoms with Crippen molar-refractivity contribution in [2.24, 2.45) is 0 Å².